The van der Waals surface area contributed by atoms with Crippen molar-refractivity contribution >= 4 is 35.0 Å². The van der Waals surface area contributed by atoms with Crippen molar-refractivity contribution < 1.29 is 19.4 Å². The van der Waals surface area contributed by atoms with E-state index in [1.807, 2.05) is 0 Å². The number of carbonyl (C=O) groups is 2. The highest BCUT2D eigenvalue weighted by atomic mass is 35.5. The molecule has 102 valence electrons. The van der Waals surface area contributed by atoms with Crippen molar-refractivity contribution in [1.29, 1.82) is 0 Å². The number of Topliss-reactive ketones (excluding diaryl/α,β-unsaturated/α-hetero) is 1. The summed E-state index contributed by atoms with van der Waals surface area (Å²) in [5.41, 5.74) is 1.06. The van der Waals surface area contributed by atoms with Gasteiger partial charge in [-0.3, -0.25) is 9.59 Å². The molecule has 2 rings (SSSR count). The van der Waals surface area contributed by atoms with E-state index >= 15 is 0 Å². The van der Waals surface area contributed by atoms with Gasteiger partial charge in [0.25, 0.3) is 0 Å². The molecule has 0 heterocycles. The van der Waals surface area contributed by atoms with Crippen molar-refractivity contribution in [3.63, 3.8) is 0 Å². The van der Waals surface area contributed by atoms with Crippen LogP contribution in [0.2, 0.25) is 10.0 Å². The number of carbonyl (C=O) groups excluding carboxylic acids is 2. The fourth-order valence-corrected chi connectivity index (χ4v) is 2.69. The molecule has 0 saturated carbocycles. The minimum absolute atomic E-state index is 0.00518. The number of hydrogen-bond acceptors (Lipinski definition) is 4. The van der Waals surface area contributed by atoms with Crippen LogP contribution in [0.15, 0.2) is 6.07 Å². The number of benzene rings is 1. The van der Waals surface area contributed by atoms with Gasteiger partial charge in [-0.1, -0.05) is 23.2 Å². The van der Waals surface area contributed by atoms with E-state index in [2.05, 4.69) is 0 Å². The molecular formula is C13H12Cl2O4. The molecule has 19 heavy (non-hydrogen) atoms. The lowest BCUT2D eigenvalue weighted by molar-refractivity contribution is -0.141. The molecule has 1 unspecified atom stereocenters. The van der Waals surface area contributed by atoms with Crippen molar-refractivity contribution in [1.82, 2.24) is 0 Å². The predicted octanol–water partition coefficient (Wildman–Crippen LogP) is 3.01. The summed E-state index contributed by atoms with van der Waals surface area (Å²) in [6, 6.07) is 1.47. The van der Waals surface area contributed by atoms with E-state index in [-0.39, 0.29) is 40.1 Å². The Balaban J connectivity index is 2.18. The Hall–Kier alpha value is -1.26. The maximum absolute atomic E-state index is 12.2. The Morgan fingerprint density at radius 2 is 2.16 bits per heavy atom. The van der Waals surface area contributed by atoms with Gasteiger partial charge in [-0.15, -0.1) is 0 Å². The highest BCUT2D eigenvalue weighted by molar-refractivity contribution is 6.45. The van der Waals surface area contributed by atoms with Crippen LogP contribution in [-0.4, -0.2) is 23.5 Å². The van der Waals surface area contributed by atoms with Gasteiger partial charge in [-0.2, -0.15) is 0 Å². The number of ketones is 1. The molecule has 0 radical (unpaired) electrons. The van der Waals surface area contributed by atoms with Gasteiger partial charge in [0.2, 0.25) is 0 Å². The Kier molecular flexibility index (Phi) is 4.02. The number of ether oxygens (including phenoxy) is 1. The zero-order chi connectivity index (χ0) is 14.2. The van der Waals surface area contributed by atoms with Crippen LogP contribution in [0.25, 0.3) is 0 Å². The second-order valence-corrected chi connectivity index (χ2v) is 5.21. The fraction of sp³-hybridized carbons (Fsp3) is 0.385. The zero-order valence-electron chi connectivity index (χ0n) is 10.2. The molecular weight excluding hydrogens is 291 g/mol. The van der Waals surface area contributed by atoms with Gasteiger partial charge in [0.1, 0.15) is 10.8 Å². The van der Waals surface area contributed by atoms with Crippen LogP contribution in [0, 0.1) is 5.92 Å². The standard InChI is InChI=1S/C13H12Cl2O4/c1-6(16)19-3-2-7-4-8-5-9(17)11(14)12(15)10(8)13(7)18/h5,7,17H,2-4H2,1H3. The Morgan fingerprint density at radius 1 is 1.47 bits per heavy atom. The van der Waals surface area contributed by atoms with Gasteiger partial charge in [-0.05, 0) is 24.5 Å². The van der Waals surface area contributed by atoms with Crippen LogP contribution in [-0.2, 0) is 16.0 Å². The maximum atomic E-state index is 12.2. The topological polar surface area (TPSA) is 63.6 Å². The van der Waals surface area contributed by atoms with Crippen molar-refractivity contribution in [2.45, 2.75) is 19.8 Å². The molecule has 0 aromatic heterocycles. The third-order valence-corrected chi connectivity index (χ3v) is 3.98. The molecule has 0 spiro atoms. The molecule has 1 N–H and O–H groups in total. The average molecular weight is 303 g/mol. The van der Waals surface area contributed by atoms with Gasteiger partial charge in [-0.25, -0.2) is 0 Å². The van der Waals surface area contributed by atoms with E-state index in [1.165, 1.54) is 13.0 Å². The molecule has 0 bridgehead atoms. The number of phenols is 1. The lowest BCUT2D eigenvalue weighted by atomic mass is 10.0. The first kappa shape index (κ1) is 14.2. The third-order valence-electron chi connectivity index (χ3n) is 3.12. The first-order chi connectivity index (χ1) is 8.91. The number of halogens is 2. The van der Waals surface area contributed by atoms with Crippen LogP contribution in [0.4, 0.5) is 0 Å². The predicted molar refractivity (Wildman–Crippen MR) is 70.9 cm³/mol. The van der Waals surface area contributed by atoms with Crippen molar-refractivity contribution in [2.75, 3.05) is 6.61 Å². The zero-order valence-corrected chi connectivity index (χ0v) is 11.7. The lowest BCUT2D eigenvalue weighted by Gasteiger charge is -2.07. The van der Waals surface area contributed by atoms with Crippen LogP contribution in [0.5, 0.6) is 5.75 Å². The Bertz CT molecular complexity index is 554. The summed E-state index contributed by atoms with van der Waals surface area (Å²) in [5.74, 6) is -0.903. The monoisotopic (exact) mass is 302 g/mol. The molecule has 0 fully saturated rings. The highest BCUT2D eigenvalue weighted by Gasteiger charge is 2.34. The maximum Gasteiger partial charge on any atom is 0.302 e. The molecule has 1 aromatic carbocycles. The number of esters is 1. The number of aromatic hydroxyl groups is 1. The third kappa shape index (κ3) is 2.69. The van der Waals surface area contributed by atoms with E-state index in [0.717, 1.165) is 0 Å². The average Bonchev–Trinajstić information content (AvgIpc) is 2.63. The Morgan fingerprint density at radius 3 is 2.79 bits per heavy atom. The second kappa shape index (κ2) is 5.39. The summed E-state index contributed by atoms with van der Waals surface area (Å²) in [4.78, 5) is 22.9. The van der Waals surface area contributed by atoms with Crippen molar-refractivity contribution in [3.8, 4) is 5.75 Å². The minimum atomic E-state index is -0.373. The quantitative estimate of drug-likeness (QED) is 0.872. The number of hydrogen-bond donors (Lipinski definition) is 1. The van der Waals surface area contributed by atoms with E-state index in [9.17, 15) is 14.7 Å². The molecule has 0 aliphatic heterocycles. The van der Waals surface area contributed by atoms with Gasteiger partial charge in [0.05, 0.1) is 11.6 Å². The van der Waals surface area contributed by atoms with Crippen LogP contribution < -0.4 is 0 Å². The summed E-state index contributed by atoms with van der Waals surface area (Å²) in [5, 5.41) is 9.68. The highest BCUT2D eigenvalue weighted by Crippen LogP contribution is 2.42. The molecule has 1 atom stereocenters. The van der Waals surface area contributed by atoms with E-state index in [1.54, 1.807) is 0 Å². The summed E-state index contributed by atoms with van der Waals surface area (Å²) in [6.45, 7) is 1.51. The number of fused-ring (bicyclic) bond motifs is 1. The molecule has 0 saturated heterocycles. The molecule has 1 aromatic rings. The van der Waals surface area contributed by atoms with Gasteiger partial charge in [0, 0.05) is 18.4 Å². The molecule has 0 amide bonds. The lowest BCUT2D eigenvalue weighted by Crippen LogP contribution is -2.13. The molecule has 1 aliphatic rings. The smallest absolute Gasteiger partial charge is 0.302 e. The van der Waals surface area contributed by atoms with E-state index in [0.29, 0.717) is 24.0 Å². The summed E-state index contributed by atoms with van der Waals surface area (Å²) in [7, 11) is 0. The first-order valence-corrected chi connectivity index (χ1v) is 6.54. The van der Waals surface area contributed by atoms with Crippen LogP contribution in [0.3, 0.4) is 0 Å². The summed E-state index contributed by atoms with van der Waals surface area (Å²) in [6.07, 6.45) is 0.904. The molecule has 6 heteroatoms. The number of phenolic OH excluding ortho intramolecular Hbond substituents is 1. The summed E-state index contributed by atoms with van der Waals surface area (Å²) < 4.78 is 4.83. The van der Waals surface area contributed by atoms with Crippen molar-refractivity contribution in [2.24, 2.45) is 5.92 Å². The number of rotatable bonds is 3. The van der Waals surface area contributed by atoms with E-state index in [4.69, 9.17) is 27.9 Å². The van der Waals surface area contributed by atoms with Gasteiger partial charge in [0.15, 0.2) is 5.78 Å². The Labute approximate surface area is 120 Å². The first-order valence-electron chi connectivity index (χ1n) is 5.79. The van der Waals surface area contributed by atoms with Crippen LogP contribution in [0.1, 0.15) is 29.3 Å². The molecule has 1 aliphatic carbocycles. The van der Waals surface area contributed by atoms with Gasteiger partial charge < -0.3 is 9.84 Å². The van der Waals surface area contributed by atoms with E-state index < -0.39 is 0 Å². The second-order valence-electron chi connectivity index (χ2n) is 4.45. The minimum Gasteiger partial charge on any atom is -0.506 e. The fourth-order valence-electron chi connectivity index (χ4n) is 2.23. The SMILES string of the molecule is CC(=O)OCCC1Cc2cc(O)c(Cl)c(Cl)c2C1=O. The van der Waals surface area contributed by atoms with Crippen LogP contribution >= 0.6 is 23.2 Å². The van der Waals surface area contributed by atoms with Gasteiger partial charge >= 0.3 is 5.97 Å². The van der Waals surface area contributed by atoms with Crippen molar-refractivity contribution in [3.05, 3.63) is 27.2 Å². The largest absolute Gasteiger partial charge is 0.506 e. The molecule has 4 nitrogen and oxygen atoms in total. The summed E-state index contributed by atoms with van der Waals surface area (Å²) >= 11 is 11.8. The normalized spacial score (nSPS) is 17.4.